The van der Waals surface area contributed by atoms with Crippen LogP contribution in [-0.2, 0) is 0 Å². The normalized spacial score (nSPS) is 16.2. The standard InChI is InChI=1S/C3H11O4P/c1-3(2,4)8(5,6)7/h4-8H,1-2H3. The number of hydrogen-bond donors (Lipinski definition) is 4. The van der Waals surface area contributed by atoms with E-state index in [2.05, 4.69) is 0 Å². The molecule has 0 rings (SSSR count). The fourth-order valence-electron chi connectivity index (χ4n) is 0. The fraction of sp³-hybridized carbons (Fsp3) is 1.00. The third kappa shape index (κ3) is 2.03. The molecule has 0 bridgehead atoms. The van der Waals surface area contributed by atoms with E-state index in [4.69, 9.17) is 19.8 Å². The van der Waals surface area contributed by atoms with Crippen LogP contribution in [0.3, 0.4) is 0 Å². The Labute approximate surface area is 48.0 Å². The molecule has 0 aliphatic heterocycles. The van der Waals surface area contributed by atoms with Crippen molar-refractivity contribution < 1.29 is 19.8 Å². The fourth-order valence-corrected chi connectivity index (χ4v) is 0. The van der Waals surface area contributed by atoms with Gasteiger partial charge in [0.2, 0.25) is 0 Å². The molecule has 0 spiro atoms. The summed E-state index contributed by atoms with van der Waals surface area (Å²) in [7, 11) is -4.30. The first-order valence-corrected chi connectivity index (χ1v) is 3.99. The number of aliphatic hydroxyl groups is 1. The molecular weight excluding hydrogens is 131 g/mol. The number of hydrogen-bond acceptors (Lipinski definition) is 4. The van der Waals surface area contributed by atoms with Gasteiger partial charge in [-0.15, -0.1) is 0 Å². The molecule has 0 fully saturated rings. The van der Waals surface area contributed by atoms with Crippen molar-refractivity contribution in [3.05, 3.63) is 0 Å². The minimum absolute atomic E-state index is 1.14. The van der Waals surface area contributed by atoms with Gasteiger partial charge in [0, 0.05) is 0 Å². The maximum atomic E-state index is 8.67. The quantitative estimate of drug-likeness (QED) is 0.361. The predicted molar refractivity (Wildman–Crippen MR) is 31.3 cm³/mol. The molecule has 4 N–H and O–H groups in total. The molecule has 0 aromatic carbocycles. The zero-order valence-electron chi connectivity index (χ0n) is 4.79. The molecule has 8 heavy (non-hydrogen) atoms. The van der Waals surface area contributed by atoms with Crippen LogP contribution in [0.4, 0.5) is 0 Å². The summed E-state index contributed by atoms with van der Waals surface area (Å²) in [5, 5.41) is 6.91. The van der Waals surface area contributed by atoms with E-state index in [1.165, 1.54) is 0 Å². The van der Waals surface area contributed by atoms with E-state index in [-0.39, 0.29) is 0 Å². The van der Waals surface area contributed by atoms with Crippen molar-refractivity contribution in [1.29, 1.82) is 0 Å². The van der Waals surface area contributed by atoms with E-state index in [0.29, 0.717) is 0 Å². The Morgan fingerprint density at radius 3 is 1.25 bits per heavy atom. The molecular formula is C3H11O4P. The van der Waals surface area contributed by atoms with Crippen molar-refractivity contribution in [2.24, 2.45) is 0 Å². The second kappa shape index (κ2) is 1.90. The van der Waals surface area contributed by atoms with E-state index >= 15 is 0 Å². The first-order valence-electron chi connectivity index (χ1n) is 2.14. The van der Waals surface area contributed by atoms with Crippen LogP contribution in [0.2, 0.25) is 0 Å². The first-order chi connectivity index (χ1) is 3.25. The van der Waals surface area contributed by atoms with Gasteiger partial charge in [-0.3, -0.25) is 0 Å². The van der Waals surface area contributed by atoms with Gasteiger partial charge in [0.15, 0.2) is 0 Å². The molecule has 0 heterocycles. The van der Waals surface area contributed by atoms with Crippen molar-refractivity contribution in [3.8, 4) is 0 Å². The zero-order valence-corrected chi connectivity index (χ0v) is 5.79. The maximum absolute atomic E-state index is 8.67. The Balaban J connectivity index is 4.02. The van der Waals surface area contributed by atoms with Gasteiger partial charge in [-0.05, 0) is 0 Å². The van der Waals surface area contributed by atoms with Gasteiger partial charge < -0.3 is 0 Å². The molecule has 0 atom stereocenters. The summed E-state index contributed by atoms with van der Waals surface area (Å²) in [5.74, 6) is 0. The van der Waals surface area contributed by atoms with E-state index in [1.54, 1.807) is 0 Å². The summed E-state index contributed by atoms with van der Waals surface area (Å²) >= 11 is 0. The Hall–Kier alpha value is 0.270. The van der Waals surface area contributed by atoms with Gasteiger partial charge >= 0.3 is 46.9 Å². The van der Waals surface area contributed by atoms with Gasteiger partial charge in [-0.25, -0.2) is 0 Å². The number of rotatable bonds is 1. The van der Waals surface area contributed by atoms with Crippen molar-refractivity contribution in [1.82, 2.24) is 0 Å². The first kappa shape index (κ1) is 8.27. The molecule has 4 nitrogen and oxygen atoms in total. The topological polar surface area (TPSA) is 80.9 Å². The molecule has 0 saturated heterocycles. The molecule has 0 aromatic rings. The molecule has 0 aliphatic carbocycles. The molecule has 0 saturated carbocycles. The van der Waals surface area contributed by atoms with Crippen LogP contribution in [0.15, 0.2) is 0 Å². The molecule has 0 unspecified atom stereocenters. The molecule has 0 radical (unpaired) electrons. The Morgan fingerprint density at radius 1 is 1.12 bits per heavy atom. The predicted octanol–water partition coefficient (Wildman–Crippen LogP) is -0.813. The monoisotopic (exact) mass is 142 g/mol. The van der Waals surface area contributed by atoms with Gasteiger partial charge in [-0.2, -0.15) is 0 Å². The van der Waals surface area contributed by atoms with Crippen molar-refractivity contribution in [3.63, 3.8) is 0 Å². The molecule has 5 heteroatoms. The van der Waals surface area contributed by atoms with Gasteiger partial charge in [-0.1, -0.05) is 0 Å². The summed E-state index contributed by atoms with van der Waals surface area (Å²) in [4.78, 5) is 25.1. The summed E-state index contributed by atoms with van der Waals surface area (Å²) in [6.07, 6.45) is 0. The minimum atomic E-state index is -4.30. The third-order valence-electron chi connectivity index (χ3n) is 0.821. The van der Waals surface area contributed by atoms with E-state index in [1.807, 2.05) is 0 Å². The van der Waals surface area contributed by atoms with E-state index < -0.39 is 13.3 Å². The van der Waals surface area contributed by atoms with Crippen LogP contribution >= 0.6 is 7.94 Å². The van der Waals surface area contributed by atoms with Crippen LogP contribution in [0.5, 0.6) is 0 Å². The molecule has 0 aliphatic rings. The van der Waals surface area contributed by atoms with Crippen LogP contribution in [0.25, 0.3) is 0 Å². The SMILES string of the molecule is CC(C)(O)[PH](O)(O)O. The molecule has 0 aromatic heterocycles. The Bertz CT molecular complexity index is 66.3. The molecule has 0 amide bonds. The summed E-state index contributed by atoms with van der Waals surface area (Å²) < 4.78 is 0. The van der Waals surface area contributed by atoms with E-state index in [9.17, 15) is 0 Å². The second-order valence-electron chi connectivity index (χ2n) is 2.19. The summed E-state index contributed by atoms with van der Waals surface area (Å²) in [5.41, 5.74) is 0. The summed E-state index contributed by atoms with van der Waals surface area (Å²) in [6.45, 7) is 2.28. The average molecular weight is 142 g/mol. The van der Waals surface area contributed by atoms with Gasteiger partial charge in [0.05, 0.1) is 0 Å². The van der Waals surface area contributed by atoms with Gasteiger partial charge in [0.1, 0.15) is 0 Å². The van der Waals surface area contributed by atoms with Gasteiger partial charge in [0.25, 0.3) is 0 Å². The third-order valence-corrected chi connectivity index (χ3v) is 2.46. The van der Waals surface area contributed by atoms with Crippen LogP contribution in [0.1, 0.15) is 13.8 Å². The average Bonchev–Trinajstić information content (AvgIpc) is 1.25. The Kier molecular flexibility index (Phi) is 1.96. The van der Waals surface area contributed by atoms with E-state index in [0.717, 1.165) is 13.8 Å². The second-order valence-corrected chi connectivity index (χ2v) is 4.69. The van der Waals surface area contributed by atoms with Crippen LogP contribution in [-0.4, -0.2) is 25.1 Å². The van der Waals surface area contributed by atoms with Crippen LogP contribution < -0.4 is 0 Å². The van der Waals surface area contributed by atoms with Crippen molar-refractivity contribution in [2.75, 3.05) is 0 Å². The zero-order chi connectivity index (χ0) is 7.00. The van der Waals surface area contributed by atoms with Crippen molar-refractivity contribution >= 4 is 7.94 Å². The summed E-state index contributed by atoms with van der Waals surface area (Å²) in [6, 6.07) is 0. The molecule has 52 valence electrons. The van der Waals surface area contributed by atoms with Crippen molar-refractivity contribution in [2.45, 2.75) is 19.2 Å². The van der Waals surface area contributed by atoms with Crippen LogP contribution in [0, 0.1) is 0 Å². The Morgan fingerprint density at radius 2 is 1.25 bits per heavy atom.